The average Bonchev–Trinajstić information content (AvgIpc) is 2.75. The zero-order valence-electron chi connectivity index (χ0n) is 16.2. The zero-order chi connectivity index (χ0) is 20.8. The van der Waals surface area contributed by atoms with Gasteiger partial charge in [0, 0.05) is 54.0 Å². The van der Waals surface area contributed by atoms with E-state index in [2.05, 4.69) is 0 Å². The van der Waals surface area contributed by atoms with E-state index in [1.807, 2.05) is 0 Å². The molecule has 0 N–H and O–H groups in total. The first-order chi connectivity index (χ1) is 14.5. The summed E-state index contributed by atoms with van der Waals surface area (Å²) < 4.78 is 29.5. The highest BCUT2D eigenvalue weighted by Gasteiger charge is 2.38. The second-order valence-corrected chi connectivity index (χ2v) is 8.08. The standard InChI is InChI=1S/C24H20F2N2O2/c25-18-7-5-16(6-8-18)24(30)27-12-15-11-17(14-27)23-20(9-10-22(29)28(23)13-15)19-3-1-2-4-21(19)26/h1-10,15,17H,11-14H2/t15-,17-/m0/s1. The van der Waals surface area contributed by atoms with Crippen molar-refractivity contribution in [3.05, 3.63) is 93.9 Å². The third kappa shape index (κ3) is 3.12. The van der Waals surface area contributed by atoms with Gasteiger partial charge in [-0.2, -0.15) is 0 Å². The van der Waals surface area contributed by atoms with Gasteiger partial charge in [-0.15, -0.1) is 0 Å². The second-order valence-electron chi connectivity index (χ2n) is 8.08. The molecular formula is C24H20F2N2O2. The fourth-order valence-electron chi connectivity index (χ4n) is 4.86. The third-order valence-electron chi connectivity index (χ3n) is 6.13. The number of likely N-dealkylation sites (tertiary alicyclic amines) is 1. The Balaban J connectivity index is 1.55. The molecule has 6 heteroatoms. The summed E-state index contributed by atoms with van der Waals surface area (Å²) in [6, 6.07) is 15.3. The Bertz CT molecular complexity index is 1190. The lowest BCUT2D eigenvalue weighted by Crippen LogP contribution is -2.49. The van der Waals surface area contributed by atoms with E-state index in [9.17, 15) is 18.4 Å². The highest BCUT2D eigenvalue weighted by Crippen LogP contribution is 2.40. The van der Waals surface area contributed by atoms with Crippen molar-refractivity contribution in [2.45, 2.75) is 18.9 Å². The molecule has 5 rings (SSSR count). The number of fused-ring (bicyclic) bond motifs is 4. The highest BCUT2D eigenvalue weighted by molar-refractivity contribution is 5.94. The maximum absolute atomic E-state index is 14.5. The lowest BCUT2D eigenvalue weighted by Gasteiger charge is -2.43. The molecular weight excluding hydrogens is 386 g/mol. The number of benzene rings is 2. The topological polar surface area (TPSA) is 42.3 Å². The Labute approximate surface area is 172 Å². The predicted octanol–water partition coefficient (Wildman–Crippen LogP) is 4.05. The van der Waals surface area contributed by atoms with Gasteiger partial charge in [-0.1, -0.05) is 18.2 Å². The molecule has 3 aromatic rings. The average molecular weight is 406 g/mol. The third-order valence-corrected chi connectivity index (χ3v) is 6.13. The molecule has 4 nitrogen and oxygen atoms in total. The van der Waals surface area contributed by atoms with Crippen LogP contribution in [0.5, 0.6) is 0 Å². The molecule has 2 bridgehead atoms. The van der Waals surface area contributed by atoms with Crippen molar-refractivity contribution >= 4 is 5.91 Å². The number of amides is 1. The molecule has 2 atom stereocenters. The predicted molar refractivity (Wildman–Crippen MR) is 109 cm³/mol. The largest absolute Gasteiger partial charge is 0.338 e. The van der Waals surface area contributed by atoms with E-state index in [1.165, 1.54) is 36.4 Å². The van der Waals surface area contributed by atoms with Gasteiger partial charge in [0.25, 0.3) is 11.5 Å². The van der Waals surface area contributed by atoms with Crippen molar-refractivity contribution in [3.63, 3.8) is 0 Å². The van der Waals surface area contributed by atoms with Gasteiger partial charge >= 0.3 is 0 Å². The van der Waals surface area contributed by atoms with Gasteiger partial charge < -0.3 is 9.47 Å². The molecule has 30 heavy (non-hydrogen) atoms. The molecule has 0 radical (unpaired) electrons. The number of pyridine rings is 1. The number of rotatable bonds is 2. The quantitative estimate of drug-likeness (QED) is 0.644. The van der Waals surface area contributed by atoms with Crippen LogP contribution in [0.25, 0.3) is 11.1 Å². The molecule has 0 aliphatic carbocycles. The number of hydrogen-bond donors (Lipinski definition) is 0. The summed E-state index contributed by atoms with van der Waals surface area (Å²) in [7, 11) is 0. The summed E-state index contributed by atoms with van der Waals surface area (Å²) in [4.78, 5) is 27.4. The molecule has 3 heterocycles. The SMILES string of the molecule is O=C(c1ccc(F)cc1)N1C[C@@H]2C[C@@H](C1)c1c(-c3ccccc3F)ccc(=O)n1C2. The van der Waals surface area contributed by atoms with Crippen LogP contribution in [-0.4, -0.2) is 28.5 Å². The number of hydrogen-bond acceptors (Lipinski definition) is 2. The summed E-state index contributed by atoms with van der Waals surface area (Å²) >= 11 is 0. The van der Waals surface area contributed by atoms with Crippen LogP contribution in [0.3, 0.4) is 0 Å². The number of carbonyl (C=O) groups is 1. The van der Waals surface area contributed by atoms with Gasteiger partial charge in [-0.25, -0.2) is 8.78 Å². The van der Waals surface area contributed by atoms with Crippen molar-refractivity contribution in [3.8, 4) is 11.1 Å². The van der Waals surface area contributed by atoms with Crippen LogP contribution >= 0.6 is 0 Å². The number of aromatic nitrogens is 1. The minimum atomic E-state index is -0.384. The van der Waals surface area contributed by atoms with Crippen LogP contribution < -0.4 is 5.56 Å². The number of piperidine rings is 1. The summed E-state index contributed by atoms with van der Waals surface area (Å²) in [5.74, 6) is -0.787. The fraction of sp³-hybridized carbons (Fsp3) is 0.250. The van der Waals surface area contributed by atoms with Gasteiger partial charge in [-0.05, 0) is 48.7 Å². The molecule has 1 aromatic heterocycles. The first-order valence-electron chi connectivity index (χ1n) is 10.0. The van der Waals surface area contributed by atoms with E-state index in [4.69, 9.17) is 0 Å². The van der Waals surface area contributed by atoms with E-state index in [-0.39, 0.29) is 34.9 Å². The minimum absolute atomic E-state index is 0.0644. The summed E-state index contributed by atoms with van der Waals surface area (Å²) in [6.07, 6.45) is 0.845. The molecule has 1 fully saturated rings. The van der Waals surface area contributed by atoms with Crippen LogP contribution in [-0.2, 0) is 6.54 Å². The summed E-state index contributed by atoms with van der Waals surface area (Å²) in [5, 5.41) is 0. The van der Waals surface area contributed by atoms with E-state index in [0.29, 0.717) is 36.3 Å². The van der Waals surface area contributed by atoms with E-state index in [1.54, 1.807) is 33.7 Å². The Kier molecular flexibility index (Phi) is 4.50. The van der Waals surface area contributed by atoms with Gasteiger partial charge in [-0.3, -0.25) is 9.59 Å². The molecule has 0 unspecified atom stereocenters. The minimum Gasteiger partial charge on any atom is -0.338 e. The van der Waals surface area contributed by atoms with E-state index < -0.39 is 0 Å². The molecule has 2 aliphatic rings. The summed E-state index contributed by atoms with van der Waals surface area (Å²) in [5.41, 5.74) is 2.30. The van der Waals surface area contributed by atoms with Gasteiger partial charge in [0.2, 0.25) is 0 Å². The Morgan fingerprint density at radius 3 is 2.40 bits per heavy atom. The second kappa shape index (κ2) is 7.20. The van der Waals surface area contributed by atoms with Crippen molar-refractivity contribution in [1.29, 1.82) is 0 Å². The van der Waals surface area contributed by atoms with Crippen molar-refractivity contribution in [2.75, 3.05) is 13.1 Å². The molecule has 2 aliphatic heterocycles. The number of carbonyl (C=O) groups excluding carboxylic acids is 1. The maximum Gasteiger partial charge on any atom is 0.253 e. The van der Waals surface area contributed by atoms with Gasteiger partial charge in [0.15, 0.2) is 0 Å². The Morgan fingerprint density at radius 2 is 1.63 bits per heavy atom. The van der Waals surface area contributed by atoms with Crippen LogP contribution in [0.1, 0.15) is 28.4 Å². The van der Waals surface area contributed by atoms with E-state index >= 15 is 0 Å². The molecule has 0 spiro atoms. The van der Waals surface area contributed by atoms with Gasteiger partial charge in [0.1, 0.15) is 11.6 Å². The number of halogens is 2. The first kappa shape index (κ1) is 18.7. The molecule has 1 amide bonds. The monoisotopic (exact) mass is 406 g/mol. The van der Waals surface area contributed by atoms with Gasteiger partial charge in [0.05, 0.1) is 0 Å². The van der Waals surface area contributed by atoms with Crippen molar-refractivity contribution < 1.29 is 13.6 Å². The molecule has 152 valence electrons. The van der Waals surface area contributed by atoms with Crippen LogP contribution in [0.2, 0.25) is 0 Å². The van der Waals surface area contributed by atoms with Crippen LogP contribution in [0, 0.1) is 17.6 Å². The fourth-order valence-corrected chi connectivity index (χ4v) is 4.86. The Hall–Kier alpha value is -3.28. The highest BCUT2D eigenvalue weighted by atomic mass is 19.1. The lowest BCUT2D eigenvalue weighted by atomic mass is 9.80. The first-order valence-corrected chi connectivity index (χ1v) is 10.0. The number of nitrogens with zero attached hydrogens (tertiary/aromatic N) is 2. The summed E-state index contributed by atoms with van der Waals surface area (Å²) in [6.45, 7) is 1.49. The Morgan fingerprint density at radius 1 is 0.867 bits per heavy atom. The molecule has 1 saturated heterocycles. The normalized spacial score (nSPS) is 20.0. The maximum atomic E-state index is 14.5. The van der Waals surface area contributed by atoms with Crippen LogP contribution in [0.15, 0.2) is 65.5 Å². The van der Waals surface area contributed by atoms with Crippen molar-refractivity contribution in [1.82, 2.24) is 9.47 Å². The van der Waals surface area contributed by atoms with E-state index in [0.717, 1.165) is 12.1 Å². The zero-order valence-corrected chi connectivity index (χ0v) is 16.2. The van der Waals surface area contributed by atoms with Crippen LogP contribution in [0.4, 0.5) is 8.78 Å². The lowest BCUT2D eigenvalue weighted by molar-refractivity contribution is 0.0595. The molecule has 0 saturated carbocycles. The van der Waals surface area contributed by atoms with Crippen molar-refractivity contribution in [2.24, 2.45) is 5.92 Å². The molecule has 2 aromatic carbocycles. The smallest absolute Gasteiger partial charge is 0.253 e.